The lowest BCUT2D eigenvalue weighted by molar-refractivity contribution is -0.126. The highest BCUT2D eigenvalue weighted by Gasteiger charge is 2.43. The lowest BCUT2D eigenvalue weighted by atomic mass is 9.95. The maximum atomic E-state index is 13.3. The van der Waals surface area contributed by atoms with Gasteiger partial charge in [-0.2, -0.15) is 0 Å². The molecule has 1 unspecified atom stereocenters. The summed E-state index contributed by atoms with van der Waals surface area (Å²) in [6.45, 7) is 5.79. The van der Waals surface area contributed by atoms with Crippen LogP contribution in [0.15, 0.2) is 78.5 Å². The number of methoxy groups -OCH3 is 1. The molecule has 1 atom stereocenters. The molecule has 3 amide bonds. The molecule has 2 aromatic carbocycles. The molecule has 0 aliphatic carbocycles. The normalized spacial score (nSPS) is 18.0. The molecule has 0 bridgehead atoms. The maximum Gasteiger partial charge on any atom is 0.322 e. The zero-order valence-corrected chi connectivity index (χ0v) is 18.1. The number of hydrogen-bond donors (Lipinski definition) is 1. The van der Waals surface area contributed by atoms with Gasteiger partial charge in [-0.1, -0.05) is 48.5 Å². The van der Waals surface area contributed by atoms with Crippen molar-refractivity contribution >= 4 is 11.9 Å². The van der Waals surface area contributed by atoms with Gasteiger partial charge in [0.2, 0.25) is 0 Å². The van der Waals surface area contributed by atoms with Gasteiger partial charge in [0, 0.05) is 20.2 Å². The summed E-state index contributed by atoms with van der Waals surface area (Å²) in [5.41, 5.74) is 3.17. The largest absolute Gasteiger partial charge is 0.489 e. The van der Waals surface area contributed by atoms with Gasteiger partial charge in [-0.05, 0) is 23.3 Å². The monoisotopic (exact) mass is 433 g/mol. The van der Waals surface area contributed by atoms with Crippen molar-refractivity contribution in [3.8, 4) is 5.75 Å². The van der Waals surface area contributed by atoms with Crippen LogP contribution in [0.5, 0.6) is 5.75 Å². The molecule has 0 saturated carbocycles. The Morgan fingerprint density at radius 2 is 1.97 bits per heavy atom. The number of nitrogens with one attached hydrogen (secondary N) is 1. The summed E-state index contributed by atoms with van der Waals surface area (Å²) in [7, 11) is 1.60. The van der Waals surface area contributed by atoms with Crippen LogP contribution in [0.25, 0.3) is 0 Å². The lowest BCUT2D eigenvalue weighted by Gasteiger charge is -2.33. The molecule has 0 aromatic heterocycles. The van der Waals surface area contributed by atoms with Crippen LogP contribution in [0.3, 0.4) is 0 Å². The molecule has 2 aliphatic heterocycles. The molecule has 7 nitrogen and oxygen atoms in total. The summed E-state index contributed by atoms with van der Waals surface area (Å²) in [6.07, 6.45) is 1.66. The highest BCUT2D eigenvalue weighted by molar-refractivity contribution is 6.01. The minimum Gasteiger partial charge on any atom is -0.489 e. The summed E-state index contributed by atoms with van der Waals surface area (Å²) in [5.74, 6) is 0.588. The van der Waals surface area contributed by atoms with Gasteiger partial charge >= 0.3 is 6.03 Å². The lowest BCUT2D eigenvalue weighted by Crippen LogP contribution is -2.47. The smallest absolute Gasteiger partial charge is 0.322 e. The van der Waals surface area contributed by atoms with Gasteiger partial charge in [0.05, 0.1) is 30.5 Å². The van der Waals surface area contributed by atoms with Crippen LogP contribution in [-0.4, -0.2) is 55.1 Å². The van der Waals surface area contributed by atoms with Crippen molar-refractivity contribution < 1.29 is 19.1 Å². The first-order valence-electron chi connectivity index (χ1n) is 10.6. The minimum absolute atomic E-state index is 0.0910. The summed E-state index contributed by atoms with van der Waals surface area (Å²) in [4.78, 5) is 29.4. The van der Waals surface area contributed by atoms with Crippen molar-refractivity contribution in [2.24, 2.45) is 0 Å². The second kappa shape index (κ2) is 9.70. The van der Waals surface area contributed by atoms with Gasteiger partial charge in [-0.25, -0.2) is 4.79 Å². The molecule has 0 saturated heterocycles. The molecule has 4 rings (SSSR count). The van der Waals surface area contributed by atoms with Gasteiger partial charge in [-0.15, -0.1) is 6.58 Å². The second-order valence-corrected chi connectivity index (χ2v) is 7.71. The first-order chi connectivity index (χ1) is 15.6. The van der Waals surface area contributed by atoms with E-state index < -0.39 is 6.04 Å². The van der Waals surface area contributed by atoms with Crippen LogP contribution >= 0.6 is 0 Å². The number of carbonyl (C=O) groups is 2. The summed E-state index contributed by atoms with van der Waals surface area (Å²) in [6, 6.07) is 16.7. The molecule has 7 heteroatoms. The molecule has 0 fully saturated rings. The fourth-order valence-electron chi connectivity index (χ4n) is 4.03. The average molecular weight is 434 g/mol. The van der Waals surface area contributed by atoms with E-state index in [1.54, 1.807) is 23.0 Å². The van der Waals surface area contributed by atoms with Crippen LogP contribution in [0, 0.1) is 0 Å². The second-order valence-electron chi connectivity index (χ2n) is 7.71. The zero-order chi connectivity index (χ0) is 22.5. The summed E-state index contributed by atoms with van der Waals surface area (Å²) in [5, 5.41) is 2.99. The first kappa shape index (κ1) is 21.6. The van der Waals surface area contributed by atoms with Crippen molar-refractivity contribution in [1.82, 2.24) is 15.1 Å². The van der Waals surface area contributed by atoms with E-state index in [1.807, 2.05) is 54.6 Å². The van der Waals surface area contributed by atoms with Crippen molar-refractivity contribution in [3.63, 3.8) is 0 Å². The molecule has 2 aromatic rings. The Morgan fingerprint density at radius 3 is 2.72 bits per heavy atom. The third-order valence-electron chi connectivity index (χ3n) is 5.61. The quantitative estimate of drug-likeness (QED) is 0.617. The molecular weight excluding hydrogens is 406 g/mol. The highest BCUT2D eigenvalue weighted by atomic mass is 16.5. The number of carbonyl (C=O) groups excluding carboxylic acids is 2. The minimum atomic E-state index is -0.543. The summed E-state index contributed by atoms with van der Waals surface area (Å²) < 4.78 is 11.1. The van der Waals surface area contributed by atoms with E-state index in [-0.39, 0.29) is 11.9 Å². The van der Waals surface area contributed by atoms with E-state index >= 15 is 0 Å². The van der Waals surface area contributed by atoms with Gasteiger partial charge in [0.1, 0.15) is 12.4 Å². The number of nitrogens with zero attached hydrogens (tertiary/aromatic N) is 2. The highest BCUT2D eigenvalue weighted by Crippen LogP contribution is 2.37. The Hall–Kier alpha value is -3.58. The molecule has 166 valence electrons. The average Bonchev–Trinajstić information content (AvgIpc) is 3.15. The van der Waals surface area contributed by atoms with E-state index in [1.165, 1.54) is 0 Å². The third-order valence-corrected chi connectivity index (χ3v) is 5.61. The number of benzene rings is 2. The Bertz CT molecular complexity index is 1030. The molecule has 0 radical (unpaired) electrons. The topological polar surface area (TPSA) is 71.1 Å². The van der Waals surface area contributed by atoms with Gasteiger partial charge in [-0.3, -0.25) is 9.69 Å². The zero-order valence-electron chi connectivity index (χ0n) is 18.1. The molecule has 0 spiro atoms. The van der Waals surface area contributed by atoms with Crippen molar-refractivity contribution in [2.45, 2.75) is 12.6 Å². The number of amides is 3. The molecule has 32 heavy (non-hydrogen) atoms. The third kappa shape index (κ3) is 4.38. The van der Waals surface area contributed by atoms with E-state index in [9.17, 15) is 9.59 Å². The fourth-order valence-corrected chi connectivity index (χ4v) is 4.03. The van der Waals surface area contributed by atoms with E-state index in [0.29, 0.717) is 44.2 Å². The Labute approximate surface area is 187 Å². The van der Waals surface area contributed by atoms with E-state index in [0.717, 1.165) is 16.8 Å². The van der Waals surface area contributed by atoms with Gasteiger partial charge in [0.15, 0.2) is 0 Å². The van der Waals surface area contributed by atoms with Crippen LogP contribution in [0.2, 0.25) is 0 Å². The molecule has 1 N–H and O–H groups in total. The molecule has 2 aliphatic rings. The van der Waals surface area contributed by atoms with E-state index in [4.69, 9.17) is 9.47 Å². The van der Waals surface area contributed by atoms with Crippen molar-refractivity contribution in [1.29, 1.82) is 0 Å². The predicted molar refractivity (Wildman–Crippen MR) is 121 cm³/mol. The van der Waals surface area contributed by atoms with Crippen LogP contribution in [-0.2, 0) is 16.1 Å². The molecular formula is C25H27N3O4. The Morgan fingerprint density at radius 1 is 1.16 bits per heavy atom. The SMILES string of the molecule is C=CCN1C(=O)NC(c2cccc(OCc3ccccc3)c2)C2=C1CN(CCOC)C2=O. The van der Waals surface area contributed by atoms with Crippen LogP contribution < -0.4 is 10.1 Å². The Kier molecular flexibility index (Phi) is 6.56. The van der Waals surface area contributed by atoms with Gasteiger partial charge in [0.25, 0.3) is 5.91 Å². The van der Waals surface area contributed by atoms with Gasteiger partial charge < -0.3 is 19.7 Å². The molecule has 2 heterocycles. The van der Waals surface area contributed by atoms with Crippen LogP contribution in [0.4, 0.5) is 4.79 Å². The van der Waals surface area contributed by atoms with Crippen molar-refractivity contribution in [2.75, 3.05) is 33.4 Å². The van der Waals surface area contributed by atoms with Crippen molar-refractivity contribution in [3.05, 3.63) is 89.6 Å². The van der Waals surface area contributed by atoms with Crippen LogP contribution in [0.1, 0.15) is 17.2 Å². The van der Waals surface area contributed by atoms with E-state index in [2.05, 4.69) is 11.9 Å². The summed E-state index contributed by atoms with van der Waals surface area (Å²) >= 11 is 0. The number of hydrogen-bond acceptors (Lipinski definition) is 4. The standard InChI is InChI=1S/C25H27N3O4/c1-3-12-28-21-16-27(13-14-31-2)24(29)22(21)23(26-25(28)30)19-10-7-11-20(15-19)32-17-18-8-5-4-6-9-18/h3-11,15,23H,1,12-14,16-17H2,2H3,(H,26,30). The Balaban J connectivity index is 1.61. The first-order valence-corrected chi connectivity index (χ1v) is 10.6. The maximum absolute atomic E-state index is 13.3. The number of urea groups is 1. The number of rotatable bonds is 9. The number of ether oxygens (including phenoxy) is 2. The fraction of sp³-hybridized carbons (Fsp3) is 0.280. The predicted octanol–water partition coefficient (Wildman–Crippen LogP) is 3.26.